The highest BCUT2D eigenvalue weighted by molar-refractivity contribution is 5.98. The first-order valence-electron chi connectivity index (χ1n) is 14.9. The van der Waals surface area contributed by atoms with Crippen molar-refractivity contribution in [1.29, 1.82) is 0 Å². The minimum atomic E-state index is -1.47. The van der Waals surface area contributed by atoms with Crippen molar-refractivity contribution in [3.63, 3.8) is 0 Å². The largest absolute Gasteiger partial charge is 0.493 e. The molecule has 0 bridgehead atoms. The molecule has 4 rings (SSSR count). The van der Waals surface area contributed by atoms with Gasteiger partial charge in [-0.1, -0.05) is 62.4 Å². The molecule has 0 radical (unpaired) electrons. The molecule has 1 amide bonds. The first-order chi connectivity index (χ1) is 22.6. The van der Waals surface area contributed by atoms with Gasteiger partial charge in [0, 0.05) is 12.3 Å². The summed E-state index contributed by atoms with van der Waals surface area (Å²) >= 11 is 0. The van der Waals surface area contributed by atoms with E-state index in [0.29, 0.717) is 5.56 Å². The Labute approximate surface area is 271 Å². The van der Waals surface area contributed by atoms with Gasteiger partial charge >= 0.3 is 23.9 Å². The van der Waals surface area contributed by atoms with Crippen molar-refractivity contribution in [3.05, 3.63) is 89.7 Å². The molecule has 248 valence electrons. The van der Waals surface area contributed by atoms with E-state index < -0.39 is 73.3 Å². The number of cyclic esters (lactones) is 2. The standard InChI is InChI=1S/C34H36N2O11/c1-20(2)31(38)47-28-21(3)46-34(41)25(18-43-33(40)24(28)17-22-11-7-5-8-12-22)36-30(37)27-29(26(42-4)15-16-35-27)44-19-45-32(39)23-13-9-6-10-14-23/h5-16,20-21,24-25,28H,17-19H2,1-4H3,(H,36,37). The number of hydrogen-bond acceptors (Lipinski definition) is 12. The van der Waals surface area contributed by atoms with Crippen LogP contribution in [0.1, 0.15) is 47.2 Å². The Morgan fingerprint density at radius 1 is 0.979 bits per heavy atom. The molecular formula is C34H36N2O11. The van der Waals surface area contributed by atoms with Crippen LogP contribution in [0.15, 0.2) is 72.9 Å². The molecule has 13 heteroatoms. The number of carbonyl (C=O) groups is 5. The predicted molar refractivity (Wildman–Crippen MR) is 164 cm³/mol. The molecule has 1 aliphatic rings. The number of hydrogen-bond donors (Lipinski definition) is 1. The Morgan fingerprint density at radius 2 is 1.66 bits per heavy atom. The Hall–Kier alpha value is -5.46. The third kappa shape index (κ3) is 9.06. The van der Waals surface area contributed by atoms with Crippen LogP contribution in [-0.4, -0.2) is 73.5 Å². The van der Waals surface area contributed by atoms with Gasteiger partial charge in [-0.05, 0) is 31.0 Å². The van der Waals surface area contributed by atoms with Gasteiger partial charge in [0.2, 0.25) is 6.79 Å². The van der Waals surface area contributed by atoms with E-state index in [4.69, 9.17) is 28.4 Å². The summed E-state index contributed by atoms with van der Waals surface area (Å²) in [4.78, 5) is 69.3. The zero-order chi connectivity index (χ0) is 33.9. The molecule has 3 aromatic rings. The molecule has 0 aliphatic carbocycles. The molecule has 4 atom stereocenters. The maximum Gasteiger partial charge on any atom is 0.340 e. The average molecular weight is 649 g/mol. The molecule has 13 nitrogen and oxygen atoms in total. The molecule has 1 saturated heterocycles. The number of rotatable bonds is 11. The van der Waals surface area contributed by atoms with Gasteiger partial charge in [-0.15, -0.1) is 0 Å². The Morgan fingerprint density at radius 3 is 2.32 bits per heavy atom. The number of pyridine rings is 1. The molecule has 1 aromatic heterocycles. The third-order valence-electron chi connectivity index (χ3n) is 7.17. The minimum Gasteiger partial charge on any atom is -0.493 e. The van der Waals surface area contributed by atoms with Gasteiger partial charge < -0.3 is 33.7 Å². The molecule has 1 N–H and O–H groups in total. The van der Waals surface area contributed by atoms with Crippen LogP contribution in [0.3, 0.4) is 0 Å². The fraction of sp³-hybridized carbons (Fsp3) is 0.353. The van der Waals surface area contributed by atoms with E-state index in [0.717, 1.165) is 5.56 Å². The van der Waals surface area contributed by atoms with Crippen molar-refractivity contribution < 1.29 is 52.4 Å². The molecular weight excluding hydrogens is 612 g/mol. The Kier molecular flexibility index (Phi) is 11.9. The Balaban J connectivity index is 1.53. The third-order valence-corrected chi connectivity index (χ3v) is 7.17. The first-order valence-corrected chi connectivity index (χ1v) is 14.9. The van der Waals surface area contributed by atoms with Crippen LogP contribution >= 0.6 is 0 Å². The van der Waals surface area contributed by atoms with Crippen LogP contribution in [0.25, 0.3) is 0 Å². The number of esters is 4. The fourth-order valence-corrected chi connectivity index (χ4v) is 4.67. The second-order valence-electron chi connectivity index (χ2n) is 10.9. The summed E-state index contributed by atoms with van der Waals surface area (Å²) in [6.07, 6.45) is -0.841. The number of aromatic nitrogens is 1. The van der Waals surface area contributed by atoms with Crippen LogP contribution in [0.4, 0.5) is 0 Å². The Bertz CT molecular complexity index is 1560. The van der Waals surface area contributed by atoms with Gasteiger partial charge in [-0.3, -0.25) is 14.4 Å². The highest BCUT2D eigenvalue weighted by Gasteiger charge is 2.42. The van der Waals surface area contributed by atoms with E-state index in [1.54, 1.807) is 56.3 Å². The molecule has 0 saturated carbocycles. The van der Waals surface area contributed by atoms with Crippen molar-refractivity contribution in [3.8, 4) is 11.5 Å². The van der Waals surface area contributed by atoms with Gasteiger partial charge in [-0.2, -0.15) is 0 Å². The number of nitrogens with one attached hydrogen (secondary N) is 1. The summed E-state index contributed by atoms with van der Waals surface area (Å²) < 4.78 is 32.9. The molecule has 0 spiro atoms. The number of carbonyl (C=O) groups excluding carboxylic acids is 5. The number of nitrogens with zero attached hydrogens (tertiary/aromatic N) is 1. The summed E-state index contributed by atoms with van der Waals surface area (Å²) in [7, 11) is 1.34. The van der Waals surface area contributed by atoms with E-state index in [1.165, 1.54) is 26.3 Å². The van der Waals surface area contributed by atoms with E-state index >= 15 is 0 Å². The topological polar surface area (TPSA) is 166 Å². The van der Waals surface area contributed by atoms with Gasteiger partial charge in [0.1, 0.15) is 18.6 Å². The number of methoxy groups -OCH3 is 1. The summed E-state index contributed by atoms with van der Waals surface area (Å²) in [5.74, 6) is -5.44. The van der Waals surface area contributed by atoms with E-state index in [1.807, 2.05) is 18.2 Å². The van der Waals surface area contributed by atoms with Crippen LogP contribution in [0.5, 0.6) is 11.5 Å². The maximum atomic E-state index is 13.5. The summed E-state index contributed by atoms with van der Waals surface area (Å²) in [5.41, 5.74) is 0.758. The number of ether oxygens (including phenoxy) is 6. The molecule has 1 fully saturated rings. The van der Waals surface area contributed by atoms with Crippen LogP contribution in [-0.2, 0) is 39.8 Å². The molecule has 1 aliphatic heterocycles. The van der Waals surface area contributed by atoms with Crippen LogP contribution in [0, 0.1) is 11.8 Å². The summed E-state index contributed by atoms with van der Waals surface area (Å²) in [6, 6.07) is 17.2. The van der Waals surface area contributed by atoms with Crippen LogP contribution in [0.2, 0.25) is 0 Å². The maximum absolute atomic E-state index is 13.5. The summed E-state index contributed by atoms with van der Waals surface area (Å²) in [6.45, 7) is 3.61. The molecule has 47 heavy (non-hydrogen) atoms. The lowest BCUT2D eigenvalue weighted by molar-refractivity contribution is -0.176. The lowest BCUT2D eigenvalue weighted by Gasteiger charge is -2.29. The molecule has 4 unspecified atom stereocenters. The quantitative estimate of drug-likeness (QED) is 0.183. The summed E-state index contributed by atoms with van der Waals surface area (Å²) in [5, 5.41) is 2.47. The van der Waals surface area contributed by atoms with Gasteiger partial charge in [0.25, 0.3) is 5.91 Å². The lowest BCUT2D eigenvalue weighted by atomic mass is 9.91. The van der Waals surface area contributed by atoms with Crippen molar-refractivity contribution >= 4 is 29.8 Å². The van der Waals surface area contributed by atoms with E-state index in [9.17, 15) is 24.0 Å². The highest BCUT2D eigenvalue weighted by atomic mass is 16.7. The molecule has 2 heterocycles. The normalized spacial score (nSPS) is 19.6. The SMILES string of the molecule is COc1ccnc(C(=O)NC2COC(=O)C(Cc3ccccc3)C(OC(=O)C(C)C)C(C)OC2=O)c1OCOC(=O)c1ccccc1. The predicted octanol–water partition coefficient (Wildman–Crippen LogP) is 3.30. The second-order valence-corrected chi connectivity index (χ2v) is 10.9. The fourth-order valence-electron chi connectivity index (χ4n) is 4.67. The second kappa shape index (κ2) is 16.2. The lowest BCUT2D eigenvalue weighted by Crippen LogP contribution is -2.47. The monoisotopic (exact) mass is 648 g/mol. The number of amides is 1. The van der Waals surface area contributed by atoms with Crippen molar-refractivity contribution in [1.82, 2.24) is 10.3 Å². The highest BCUT2D eigenvalue weighted by Crippen LogP contribution is 2.30. The van der Waals surface area contributed by atoms with Gasteiger partial charge in [0.05, 0.1) is 18.6 Å². The zero-order valence-electron chi connectivity index (χ0n) is 26.4. The van der Waals surface area contributed by atoms with E-state index in [2.05, 4.69) is 10.3 Å². The van der Waals surface area contributed by atoms with E-state index in [-0.39, 0.29) is 23.6 Å². The first kappa shape index (κ1) is 34.4. The smallest absolute Gasteiger partial charge is 0.340 e. The molecule has 2 aromatic carbocycles. The van der Waals surface area contributed by atoms with Crippen molar-refractivity contribution in [2.45, 2.75) is 45.4 Å². The minimum absolute atomic E-state index is 0.0940. The average Bonchev–Trinajstić information content (AvgIpc) is 3.11. The van der Waals surface area contributed by atoms with Gasteiger partial charge in [-0.25, -0.2) is 14.6 Å². The number of benzene rings is 2. The van der Waals surface area contributed by atoms with Gasteiger partial charge in [0.15, 0.2) is 29.3 Å². The zero-order valence-corrected chi connectivity index (χ0v) is 26.4. The van der Waals surface area contributed by atoms with Crippen LogP contribution < -0.4 is 14.8 Å². The van der Waals surface area contributed by atoms with Crippen molar-refractivity contribution in [2.24, 2.45) is 11.8 Å². The van der Waals surface area contributed by atoms with Crippen molar-refractivity contribution in [2.75, 3.05) is 20.5 Å².